The summed E-state index contributed by atoms with van der Waals surface area (Å²) in [7, 11) is 0. The Hall–Kier alpha value is -4.40. The number of aromatic amines is 1. The van der Waals surface area contributed by atoms with Crippen LogP contribution in [0, 0.1) is 5.92 Å². The van der Waals surface area contributed by atoms with Crippen LogP contribution in [0.25, 0.3) is 21.0 Å². The van der Waals surface area contributed by atoms with Crippen molar-refractivity contribution in [2.24, 2.45) is 5.92 Å². The molecule has 1 fully saturated rings. The van der Waals surface area contributed by atoms with E-state index in [9.17, 15) is 14.4 Å². The number of rotatable bonds is 8. The standard InChI is InChI=1S/C38H37ClN4O3S/c39-30-12-13-33-26(21-30)7-5-17-43(33)37(45)29(20-28-23-40-32-9-3-2-8-31(28)32)24-41-36(44)14-11-25-15-18-42(19-16-25)38(46)35-22-27-6-1-4-10-34(27)47-35/h1-4,6,8-10,12-13,21-25,40H,5,7,11,14-20H2,(H,41,44)/b29-24+. The maximum atomic E-state index is 14.1. The number of piperidine rings is 1. The number of anilines is 1. The second kappa shape index (κ2) is 13.8. The van der Waals surface area contributed by atoms with Gasteiger partial charge in [0.2, 0.25) is 5.91 Å². The highest BCUT2D eigenvalue weighted by Gasteiger charge is 2.27. The number of aromatic nitrogens is 1. The largest absolute Gasteiger partial charge is 0.361 e. The molecule has 5 aromatic rings. The third-order valence-electron chi connectivity index (χ3n) is 9.46. The van der Waals surface area contributed by atoms with Crippen LogP contribution < -0.4 is 10.2 Å². The Balaban J connectivity index is 0.992. The van der Waals surface area contributed by atoms with Crippen LogP contribution in [-0.4, -0.2) is 47.2 Å². The van der Waals surface area contributed by atoms with E-state index in [-0.39, 0.29) is 17.7 Å². The summed E-state index contributed by atoms with van der Waals surface area (Å²) in [5.74, 6) is 0.248. The molecule has 2 aromatic heterocycles. The van der Waals surface area contributed by atoms with E-state index in [1.54, 1.807) is 17.5 Å². The molecule has 3 amide bonds. The van der Waals surface area contributed by atoms with Gasteiger partial charge in [0, 0.05) is 76.8 Å². The van der Waals surface area contributed by atoms with E-state index in [0.717, 1.165) is 74.8 Å². The maximum Gasteiger partial charge on any atom is 0.263 e. The molecule has 0 saturated carbocycles. The number of carbonyl (C=O) groups is 3. The Bertz CT molecular complexity index is 1950. The molecule has 0 bridgehead atoms. The number of benzene rings is 3. The van der Waals surface area contributed by atoms with Gasteiger partial charge in [-0.3, -0.25) is 14.4 Å². The zero-order valence-electron chi connectivity index (χ0n) is 26.1. The van der Waals surface area contributed by atoms with Crippen LogP contribution >= 0.6 is 22.9 Å². The number of hydrogen-bond acceptors (Lipinski definition) is 4. The zero-order chi connectivity index (χ0) is 32.3. The van der Waals surface area contributed by atoms with Crippen molar-refractivity contribution < 1.29 is 14.4 Å². The first-order valence-corrected chi connectivity index (χ1v) is 17.5. The SMILES string of the molecule is O=C(CCC1CCN(C(=O)c2cc3ccccc3s2)CC1)N/C=C(\Cc1c[nH]c2ccccc12)C(=O)N1CCCc2cc(Cl)ccc21. The quantitative estimate of drug-likeness (QED) is 0.166. The summed E-state index contributed by atoms with van der Waals surface area (Å²) in [6.45, 7) is 2.01. The fourth-order valence-electron chi connectivity index (χ4n) is 6.86. The maximum absolute atomic E-state index is 14.1. The molecule has 3 aromatic carbocycles. The average molecular weight is 665 g/mol. The lowest BCUT2D eigenvalue weighted by molar-refractivity contribution is -0.120. The zero-order valence-corrected chi connectivity index (χ0v) is 27.7. The summed E-state index contributed by atoms with van der Waals surface area (Å²) in [4.78, 5) is 48.2. The molecule has 47 heavy (non-hydrogen) atoms. The number of nitrogens with zero attached hydrogens (tertiary/aromatic N) is 2. The minimum Gasteiger partial charge on any atom is -0.361 e. The number of likely N-dealkylation sites (tertiary alicyclic amines) is 1. The van der Waals surface area contributed by atoms with E-state index in [1.165, 1.54) is 0 Å². The number of nitrogens with one attached hydrogen (secondary N) is 2. The van der Waals surface area contributed by atoms with Crippen LogP contribution in [-0.2, 0) is 22.4 Å². The van der Waals surface area contributed by atoms with Crippen molar-refractivity contribution in [3.63, 3.8) is 0 Å². The number of para-hydroxylation sites is 1. The Labute approximate surface area is 283 Å². The normalized spacial score (nSPS) is 15.6. The number of H-pyrrole nitrogens is 1. The number of fused-ring (bicyclic) bond motifs is 3. The van der Waals surface area contributed by atoms with Gasteiger partial charge < -0.3 is 20.1 Å². The number of halogens is 1. The van der Waals surface area contributed by atoms with Gasteiger partial charge in [0.15, 0.2) is 0 Å². The van der Waals surface area contributed by atoms with E-state index in [0.29, 0.717) is 49.0 Å². The van der Waals surface area contributed by atoms with E-state index in [2.05, 4.69) is 10.3 Å². The van der Waals surface area contributed by atoms with Crippen molar-refractivity contribution >= 4 is 67.3 Å². The van der Waals surface area contributed by atoms with Crippen LogP contribution in [0.15, 0.2) is 90.8 Å². The van der Waals surface area contributed by atoms with Gasteiger partial charge >= 0.3 is 0 Å². The summed E-state index contributed by atoms with van der Waals surface area (Å²) in [5, 5.41) is 5.78. The molecule has 0 unspecified atom stereocenters. The second-order valence-corrected chi connectivity index (χ2v) is 14.0. The Morgan fingerprint density at radius 1 is 0.979 bits per heavy atom. The summed E-state index contributed by atoms with van der Waals surface area (Å²) in [6.07, 6.45) is 8.52. The monoisotopic (exact) mass is 664 g/mol. The third-order valence-corrected chi connectivity index (χ3v) is 10.8. The van der Waals surface area contributed by atoms with Crippen molar-refractivity contribution in [2.45, 2.75) is 44.9 Å². The van der Waals surface area contributed by atoms with E-state index in [4.69, 9.17) is 11.6 Å². The molecule has 2 N–H and O–H groups in total. The molecule has 9 heteroatoms. The van der Waals surface area contributed by atoms with Gasteiger partial charge in [-0.05, 0) is 90.9 Å². The number of hydrogen-bond donors (Lipinski definition) is 2. The van der Waals surface area contributed by atoms with Crippen molar-refractivity contribution in [1.29, 1.82) is 0 Å². The number of thiophene rings is 1. The van der Waals surface area contributed by atoms with E-state index in [1.807, 2.05) is 88.8 Å². The van der Waals surface area contributed by atoms with Crippen molar-refractivity contribution in [3.8, 4) is 0 Å². The highest BCUT2D eigenvalue weighted by atomic mass is 35.5. The average Bonchev–Trinajstić information content (AvgIpc) is 3.73. The molecule has 7 rings (SSSR count). The fraction of sp³-hybridized carbons (Fsp3) is 0.289. The molecule has 240 valence electrons. The molecule has 7 nitrogen and oxygen atoms in total. The highest BCUT2D eigenvalue weighted by Crippen LogP contribution is 2.32. The van der Waals surface area contributed by atoms with Crippen LogP contribution in [0.4, 0.5) is 5.69 Å². The second-order valence-electron chi connectivity index (χ2n) is 12.5. The van der Waals surface area contributed by atoms with Gasteiger partial charge in [-0.2, -0.15) is 0 Å². The summed E-state index contributed by atoms with van der Waals surface area (Å²) in [6, 6.07) is 23.8. The molecule has 0 atom stereocenters. The highest BCUT2D eigenvalue weighted by molar-refractivity contribution is 7.20. The van der Waals surface area contributed by atoms with Crippen LogP contribution in [0.2, 0.25) is 5.02 Å². The van der Waals surface area contributed by atoms with Gasteiger partial charge in [0.25, 0.3) is 11.8 Å². The van der Waals surface area contributed by atoms with E-state index < -0.39 is 0 Å². The lowest BCUT2D eigenvalue weighted by Gasteiger charge is -2.31. The van der Waals surface area contributed by atoms with E-state index >= 15 is 0 Å². The Kier molecular flexibility index (Phi) is 9.14. The molecule has 4 heterocycles. The lowest BCUT2D eigenvalue weighted by Crippen LogP contribution is -2.38. The van der Waals surface area contributed by atoms with Gasteiger partial charge in [-0.15, -0.1) is 11.3 Å². The van der Waals surface area contributed by atoms with Crippen LogP contribution in [0.1, 0.15) is 52.9 Å². The number of aryl methyl sites for hydroxylation is 1. The first kappa shape index (κ1) is 31.2. The van der Waals surface area contributed by atoms with Crippen molar-refractivity contribution in [3.05, 3.63) is 112 Å². The predicted molar refractivity (Wildman–Crippen MR) is 190 cm³/mol. The minimum atomic E-state index is -0.116. The van der Waals surface area contributed by atoms with Crippen molar-refractivity contribution in [1.82, 2.24) is 15.2 Å². The minimum absolute atomic E-state index is 0.0966. The third kappa shape index (κ3) is 6.85. The van der Waals surface area contributed by atoms with Crippen LogP contribution in [0.3, 0.4) is 0 Å². The molecule has 1 saturated heterocycles. The van der Waals surface area contributed by atoms with Gasteiger partial charge in [0.05, 0.1) is 4.88 Å². The Morgan fingerprint density at radius 3 is 2.64 bits per heavy atom. The number of carbonyl (C=O) groups excluding carboxylic acids is 3. The van der Waals surface area contributed by atoms with Gasteiger partial charge in [-0.25, -0.2) is 0 Å². The molecule has 0 spiro atoms. The van der Waals surface area contributed by atoms with Gasteiger partial charge in [0.1, 0.15) is 0 Å². The first-order chi connectivity index (χ1) is 22.9. The number of amides is 3. The molecule has 2 aliphatic rings. The smallest absolute Gasteiger partial charge is 0.263 e. The Morgan fingerprint density at radius 2 is 1.79 bits per heavy atom. The first-order valence-electron chi connectivity index (χ1n) is 16.3. The van der Waals surface area contributed by atoms with Crippen molar-refractivity contribution in [2.75, 3.05) is 24.5 Å². The molecule has 0 radical (unpaired) electrons. The molecule has 0 aliphatic carbocycles. The summed E-state index contributed by atoms with van der Waals surface area (Å²) in [5.41, 5.74) is 4.47. The lowest BCUT2D eigenvalue weighted by atomic mass is 9.92. The molecular weight excluding hydrogens is 628 g/mol. The predicted octanol–water partition coefficient (Wildman–Crippen LogP) is 7.89. The molecular formula is C38H37ClN4O3S. The molecule has 2 aliphatic heterocycles. The summed E-state index contributed by atoms with van der Waals surface area (Å²) < 4.78 is 1.13. The van der Waals surface area contributed by atoms with Gasteiger partial charge in [-0.1, -0.05) is 48.0 Å². The summed E-state index contributed by atoms with van der Waals surface area (Å²) >= 11 is 7.81. The topological polar surface area (TPSA) is 85.5 Å². The van der Waals surface area contributed by atoms with Crippen LogP contribution in [0.5, 0.6) is 0 Å². The fourth-order valence-corrected chi connectivity index (χ4v) is 8.09.